The molecule has 0 saturated carbocycles. The minimum atomic E-state index is -3.59. The van der Waals surface area contributed by atoms with Crippen molar-refractivity contribution in [2.45, 2.75) is 11.5 Å². The molecule has 8 nitrogen and oxygen atoms in total. The fraction of sp³-hybridized carbons (Fsp3) is 0.200. The van der Waals surface area contributed by atoms with E-state index in [0.717, 1.165) is 0 Å². The van der Waals surface area contributed by atoms with Crippen LogP contribution in [0.25, 0.3) is 0 Å². The number of para-hydroxylation sites is 1. The van der Waals surface area contributed by atoms with Gasteiger partial charge in [-0.2, -0.15) is 4.31 Å². The topological polar surface area (TPSA) is 102 Å². The van der Waals surface area contributed by atoms with Gasteiger partial charge in [0.25, 0.3) is 5.91 Å². The third-order valence-corrected chi connectivity index (χ3v) is 7.25. The van der Waals surface area contributed by atoms with Crippen molar-refractivity contribution in [1.29, 1.82) is 0 Å². The van der Waals surface area contributed by atoms with Crippen molar-refractivity contribution in [3.63, 3.8) is 0 Å². The molecule has 34 heavy (non-hydrogen) atoms. The molecule has 3 aromatic rings. The second kappa shape index (κ2) is 10.6. The molecule has 0 unspecified atom stereocenters. The van der Waals surface area contributed by atoms with Crippen LogP contribution in [-0.4, -0.2) is 50.9 Å². The number of amides is 1. The summed E-state index contributed by atoms with van der Waals surface area (Å²) < 4.78 is 37.5. The van der Waals surface area contributed by atoms with Crippen molar-refractivity contribution in [3.05, 3.63) is 95.6 Å². The predicted octanol–water partition coefficient (Wildman–Crippen LogP) is 3.32. The van der Waals surface area contributed by atoms with Crippen LogP contribution in [0.3, 0.4) is 0 Å². The van der Waals surface area contributed by atoms with Gasteiger partial charge < -0.3 is 14.8 Å². The Morgan fingerprint density at radius 1 is 0.882 bits per heavy atom. The van der Waals surface area contributed by atoms with E-state index in [1.165, 1.54) is 16.4 Å². The molecule has 1 heterocycles. The van der Waals surface area contributed by atoms with Crippen molar-refractivity contribution in [2.24, 2.45) is 0 Å². The van der Waals surface area contributed by atoms with Crippen LogP contribution in [0.15, 0.2) is 83.8 Å². The van der Waals surface area contributed by atoms with Gasteiger partial charge >= 0.3 is 5.97 Å². The molecule has 3 aromatic carbocycles. The van der Waals surface area contributed by atoms with E-state index in [0.29, 0.717) is 43.1 Å². The van der Waals surface area contributed by atoms with Gasteiger partial charge in [0.2, 0.25) is 10.0 Å². The maximum Gasteiger partial charge on any atom is 0.340 e. The Kier molecular flexibility index (Phi) is 7.36. The largest absolute Gasteiger partial charge is 0.457 e. The van der Waals surface area contributed by atoms with Gasteiger partial charge in [-0.25, -0.2) is 13.2 Å². The van der Waals surface area contributed by atoms with Crippen LogP contribution in [0.2, 0.25) is 0 Å². The molecule has 0 radical (unpaired) electrons. The van der Waals surface area contributed by atoms with E-state index in [-0.39, 0.29) is 23.0 Å². The monoisotopic (exact) mass is 480 g/mol. The van der Waals surface area contributed by atoms with E-state index in [4.69, 9.17) is 9.47 Å². The lowest BCUT2D eigenvalue weighted by atomic mass is 10.1. The van der Waals surface area contributed by atoms with E-state index >= 15 is 0 Å². The number of nitrogens with one attached hydrogen (secondary N) is 1. The Morgan fingerprint density at radius 2 is 1.53 bits per heavy atom. The third-order valence-electron chi connectivity index (χ3n) is 5.33. The predicted molar refractivity (Wildman–Crippen MR) is 126 cm³/mol. The van der Waals surface area contributed by atoms with Gasteiger partial charge in [-0.1, -0.05) is 42.5 Å². The molecule has 1 aliphatic rings. The van der Waals surface area contributed by atoms with Crippen molar-refractivity contribution in [3.8, 4) is 0 Å². The first-order valence-electron chi connectivity index (χ1n) is 10.7. The highest BCUT2D eigenvalue weighted by Crippen LogP contribution is 2.20. The number of hydrogen-bond donors (Lipinski definition) is 1. The summed E-state index contributed by atoms with van der Waals surface area (Å²) in [5.74, 6) is -0.938. The zero-order valence-electron chi connectivity index (χ0n) is 18.3. The quantitative estimate of drug-likeness (QED) is 0.521. The fourth-order valence-corrected chi connectivity index (χ4v) is 4.88. The summed E-state index contributed by atoms with van der Waals surface area (Å²) in [6, 6.07) is 21.5. The van der Waals surface area contributed by atoms with E-state index in [9.17, 15) is 18.0 Å². The first kappa shape index (κ1) is 23.6. The van der Waals surface area contributed by atoms with Gasteiger partial charge in [0, 0.05) is 18.7 Å². The highest BCUT2D eigenvalue weighted by molar-refractivity contribution is 7.89. The number of nitrogens with zero attached hydrogens (tertiary/aromatic N) is 1. The molecule has 1 saturated heterocycles. The number of carbonyl (C=O) groups excluding carboxylic acids is 2. The van der Waals surface area contributed by atoms with Crippen LogP contribution in [0.4, 0.5) is 5.69 Å². The van der Waals surface area contributed by atoms with Gasteiger partial charge in [-0.15, -0.1) is 0 Å². The SMILES string of the molecule is O=C(Nc1ccccc1C(=O)OCc1ccc(S(=O)(=O)N2CCOCC2)cc1)c1ccccc1. The number of anilines is 1. The molecule has 9 heteroatoms. The zero-order chi connectivity index (χ0) is 24.0. The smallest absolute Gasteiger partial charge is 0.340 e. The van der Waals surface area contributed by atoms with Crippen molar-refractivity contribution >= 4 is 27.6 Å². The molecule has 1 amide bonds. The van der Waals surface area contributed by atoms with Crippen LogP contribution >= 0.6 is 0 Å². The standard InChI is InChI=1S/C25H24N2O6S/c28-24(20-6-2-1-3-7-20)26-23-9-5-4-8-22(23)25(29)33-18-19-10-12-21(13-11-19)34(30,31)27-14-16-32-17-15-27/h1-13H,14-18H2,(H,26,28). The zero-order valence-corrected chi connectivity index (χ0v) is 19.2. The van der Waals surface area contributed by atoms with E-state index in [1.807, 2.05) is 6.07 Å². The lowest BCUT2D eigenvalue weighted by molar-refractivity contribution is 0.0474. The molecule has 4 rings (SSSR count). The summed E-state index contributed by atoms with van der Waals surface area (Å²) in [5.41, 5.74) is 1.67. The molecule has 0 spiro atoms. The minimum absolute atomic E-state index is 0.0440. The van der Waals surface area contributed by atoms with E-state index in [2.05, 4.69) is 5.32 Å². The summed E-state index contributed by atoms with van der Waals surface area (Å²) in [4.78, 5) is 25.4. The first-order valence-corrected chi connectivity index (χ1v) is 12.2. The Bertz CT molecular complexity index is 1250. The molecule has 0 atom stereocenters. The molecular weight excluding hydrogens is 456 g/mol. The molecule has 0 aliphatic carbocycles. The Morgan fingerprint density at radius 3 is 2.24 bits per heavy atom. The average Bonchev–Trinajstić information content (AvgIpc) is 2.89. The van der Waals surface area contributed by atoms with E-state index < -0.39 is 16.0 Å². The Balaban J connectivity index is 1.40. The molecule has 0 bridgehead atoms. The number of benzene rings is 3. The van der Waals surface area contributed by atoms with Crippen LogP contribution in [0.1, 0.15) is 26.3 Å². The minimum Gasteiger partial charge on any atom is -0.457 e. The number of carbonyl (C=O) groups is 2. The summed E-state index contributed by atoms with van der Waals surface area (Å²) in [6.45, 7) is 1.35. The summed E-state index contributed by atoms with van der Waals surface area (Å²) >= 11 is 0. The van der Waals surface area contributed by atoms with Gasteiger partial charge in [-0.3, -0.25) is 4.79 Å². The number of rotatable bonds is 7. The molecule has 0 aromatic heterocycles. The molecular formula is C25H24N2O6S. The third kappa shape index (κ3) is 5.51. The molecule has 176 valence electrons. The first-order chi connectivity index (χ1) is 16.4. The maximum absolute atomic E-state index is 12.7. The lowest BCUT2D eigenvalue weighted by Gasteiger charge is -2.26. The van der Waals surface area contributed by atoms with Crippen molar-refractivity contribution < 1.29 is 27.5 Å². The van der Waals surface area contributed by atoms with Crippen LogP contribution in [-0.2, 0) is 26.1 Å². The second-order valence-corrected chi connectivity index (χ2v) is 9.54. The number of sulfonamides is 1. The number of ether oxygens (including phenoxy) is 2. The maximum atomic E-state index is 12.7. The number of morpholine rings is 1. The number of esters is 1. The molecule has 1 fully saturated rings. The highest BCUT2D eigenvalue weighted by Gasteiger charge is 2.26. The summed E-state index contributed by atoms with van der Waals surface area (Å²) in [7, 11) is -3.59. The van der Waals surface area contributed by atoms with Crippen LogP contribution in [0.5, 0.6) is 0 Å². The van der Waals surface area contributed by atoms with E-state index in [1.54, 1.807) is 60.7 Å². The fourth-order valence-electron chi connectivity index (χ4n) is 3.47. The Hall–Kier alpha value is -3.53. The Labute approximate surface area is 198 Å². The highest BCUT2D eigenvalue weighted by atomic mass is 32.2. The average molecular weight is 481 g/mol. The lowest BCUT2D eigenvalue weighted by Crippen LogP contribution is -2.40. The van der Waals surface area contributed by atoms with Gasteiger partial charge in [0.15, 0.2) is 0 Å². The van der Waals surface area contributed by atoms with Crippen molar-refractivity contribution in [1.82, 2.24) is 4.31 Å². The summed E-state index contributed by atoms with van der Waals surface area (Å²) in [5, 5.41) is 2.74. The van der Waals surface area contributed by atoms with Crippen LogP contribution < -0.4 is 5.32 Å². The van der Waals surface area contributed by atoms with Gasteiger partial charge in [0.05, 0.1) is 29.4 Å². The van der Waals surface area contributed by atoms with Gasteiger partial charge in [0.1, 0.15) is 6.61 Å². The van der Waals surface area contributed by atoms with Crippen LogP contribution in [0, 0.1) is 0 Å². The van der Waals surface area contributed by atoms with Crippen molar-refractivity contribution in [2.75, 3.05) is 31.6 Å². The number of hydrogen-bond acceptors (Lipinski definition) is 6. The molecule has 1 N–H and O–H groups in total. The second-order valence-electron chi connectivity index (χ2n) is 7.60. The summed E-state index contributed by atoms with van der Waals surface area (Å²) in [6.07, 6.45) is 0. The van der Waals surface area contributed by atoms with Gasteiger partial charge in [-0.05, 0) is 42.0 Å². The normalized spacial score (nSPS) is 14.4. The molecule has 1 aliphatic heterocycles.